The Labute approximate surface area is 112 Å². The molecule has 0 spiro atoms. The molecule has 5 heteroatoms. The van der Waals surface area contributed by atoms with Crippen molar-refractivity contribution in [3.63, 3.8) is 0 Å². The van der Waals surface area contributed by atoms with Crippen molar-refractivity contribution in [3.8, 4) is 0 Å². The first-order valence-corrected chi connectivity index (χ1v) is 7.59. The fourth-order valence-electron chi connectivity index (χ4n) is 2.14. The summed E-state index contributed by atoms with van der Waals surface area (Å²) in [5.74, 6) is 0.179. The van der Waals surface area contributed by atoms with Crippen LogP contribution in [0.4, 0.5) is 0 Å². The number of carbonyl (C=O) groups excluding carboxylic acids is 1. The number of hydrogen-bond acceptors (Lipinski definition) is 4. The van der Waals surface area contributed by atoms with Gasteiger partial charge in [0.05, 0.1) is 10.7 Å². The molecule has 1 aromatic rings. The minimum Gasteiger partial charge on any atom is -0.356 e. The first-order chi connectivity index (χ1) is 8.78. The van der Waals surface area contributed by atoms with Gasteiger partial charge in [-0.25, -0.2) is 4.98 Å². The largest absolute Gasteiger partial charge is 0.356 e. The number of aromatic nitrogens is 1. The molecule has 2 rings (SSSR count). The average Bonchev–Trinajstić information content (AvgIpc) is 2.70. The summed E-state index contributed by atoms with van der Waals surface area (Å²) < 4.78 is 0. The normalized spacial score (nSPS) is 20.5. The molecule has 0 unspecified atom stereocenters. The Morgan fingerprint density at radius 3 is 3.28 bits per heavy atom. The lowest BCUT2D eigenvalue weighted by Gasteiger charge is -2.14. The second-order valence-corrected chi connectivity index (χ2v) is 5.68. The molecule has 2 heterocycles. The summed E-state index contributed by atoms with van der Waals surface area (Å²) in [7, 11) is 0. The van der Waals surface area contributed by atoms with Crippen LogP contribution in [0.25, 0.3) is 0 Å². The van der Waals surface area contributed by atoms with E-state index in [0.717, 1.165) is 44.5 Å². The maximum atomic E-state index is 11.2. The van der Waals surface area contributed by atoms with Crippen LogP contribution in [0.5, 0.6) is 0 Å². The third-order valence-electron chi connectivity index (χ3n) is 3.17. The van der Waals surface area contributed by atoms with E-state index in [-0.39, 0.29) is 5.91 Å². The van der Waals surface area contributed by atoms with Gasteiger partial charge >= 0.3 is 0 Å². The fraction of sp³-hybridized carbons (Fsp3) is 0.692. The number of amides is 1. The predicted octanol–water partition coefficient (Wildman–Crippen LogP) is 1.85. The Morgan fingerprint density at radius 1 is 1.56 bits per heavy atom. The minimum absolute atomic E-state index is 0.179. The fourth-order valence-corrected chi connectivity index (χ4v) is 3.04. The molecule has 0 radical (unpaired) electrons. The molecule has 0 aromatic carbocycles. The van der Waals surface area contributed by atoms with Gasteiger partial charge in [-0.05, 0) is 25.7 Å². The van der Waals surface area contributed by atoms with Gasteiger partial charge in [0.25, 0.3) is 0 Å². The molecular weight excluding hydrogens is 246 g/mol. The van der Waals surface area contributed by atoms with E-state index in [2.05, 4.69) is 27.9 Å². The lowest BCUT2D eigenvalue weighted by Crippen LogP contribution is -2.29. The van der Waals surface area contributed by atoms with Crippen molar-refractivity contribution in [1.82, 2.24) is 15.6 Å². The third-order valence-corrected chi connectivity index (χ3v) is 4.13. The highest BCUT2D eigenvalue weighted by Gasteiger charge is 2.15. The van der Waals surface area contributed by atoms with E-state index in [4.69, 9.17) is 0 Å². The molecule has 18 heavy (non-hydrogen) atoms. The Balaban J connectivity index is 1.77. The van der Waals surface area contributed by atoms with E-state index in [1.54, 1.807) is 11.3 Å². The third kappa shape index (κ3) is 4.07. The van der Waals surface area contributed by atoms with Gasteiger partial charge in [-0.2, -0.15) is 0 Å². The Hall–Kier alpha value is -0.940. The van der Waals surface area contributed by atoms with Gasteiger partial charge in [-0.15, -0.1) is 11.3 Å². The summed E-state index contributed by atoms with van der Waals surface area (Å²) in [6.07, 6.45) is 4.80. The lowest BCUT2D eigenvalue weighted by molar-refractivity contribution is -0.120. The maximum Gasteiger partial charge on any atom is 0.220 e. The van der Waals surface area contributed by atoms with Crippen LogP contribution < -0.4 is 10.6 Å². The highest BCUT2D eigenvalue weighted by atomic mass is 32.1. The summed E-state index contributed by atoms with van der Waals surface area (Å²) in [6.45, 7) is 3.78. The van der Waals surface area contributed by atoms with Crippen LogP contribution in [0.3, 0.4) is 0 Å². The topological polar surface area (TPSA) is 54.0 Å². The summed E-state index contributed by atoms with van der Waals surface area (Å²) in [6, 6.07) is 0.431. The number of thiazole rings is 1. The zero-order valence-electron chi connectivity index (χ0n) is 10.9. The van der Waals surface area contributed by atoms with E-state index < -0.39 is 0 Å². The molecule has 1 amide bonds. The van der Waals surface area contributed by atoms with Gasteiger partial charge in [0.2, 0.25) is 5.91 Å². The summed E-state index contributed by atoms with van der Waals surface area (Å²) in [5, 5.41) is 9.77. The van der Waals surface area contributed by atoms with Crippen molar-refractivity contribution in [2.24, 2.45) is 0 Å². The summed E-state index contributed by atoms with van der Waals surface area (Å²) in [4.78, 5) is 15.8. The van der Waals surface area contributed by atoms with Crippen molar-refractivity contribution in [2.75, 3.05) is 6.54 Å². The molecule has 4 nitrogen and oxygen atoms in total. The highest BCUT2D eigenvalue weighted by Crippen LogP contribution is 2.13. The Morgan fingerprint density at radius 2 is 2.44 bits per heavy atom. The number of aryl methyl sites for hydroxylation is 1. The molecule has 1 aliphatic heterocycles. The van der Waals surface area contributed by atoms with Gasteiger partial charge in [-0.1, -0.05) is 6.92 Å². The molecule has 100 valence electrons. The number of rotatable bonds is 5. The molecule has 0 saturated carbocycles. The number of hydrogen-bond donors (Lipinski definition) is 2. The van der Waals surface area contributed by atoms with E-state index >= 15 is 0 Å². The molecule has 0 aliphatic carbocycles. The molecule has 1 saturated heterocycles. The SMILES string of the molecule is CCCc1nc(CN[C@H]2CCNC(=O)CC2)cs1. The van der Waals surface area contributed by atoms with Crippen molar-refractivity contribution in [1.29, 1.82) is 0 Å². The first kappa shape index (κ1) is 13.5. The zero-order chi connectivity index (χ0) is 12.8. The highest BCUT2D eigenvalue weighted by molar-refractivity contribution is 7.09. The van der Waals surface area contributed by atoms with Crippen LogP contribution in [0.2, 0.25) is 0 Å². The molecule has 2 N–H and O–H groups in total. The average molecular weight is 267 g/mol. The van der Waals surface area contributed by atoms with E-state index in [9.17, 15) is 4.79 Å². The van der Waals surface area contributed by atoms with Crippen LogP contribution >= 0.6 is 11.3 Å². The van der Waals surface area contributed by atoms with Crippen molar-refractivity contribution in [2.45, 2.75) is 51.6 Å². The standard InChI is InChI=1S/C13H21N3OS/c1-2-3-13-16-11(9-18-13)8-15-10-4-5-12(17)14-7-6-10/h9-10,15H,2-8H2,1H3,(H,14,17)/t10-/m1/s1. The molecule has 0 bridgehead atoms. The second kappa shape index (κ2) is 6.85. The van der Waals surface area contributed by atoms with Gasteiger partial charge < -0.3 is 10.6 Å². The van der Waals surface area contributed by atoms with Crippen LogP contribution in [0, 0.1) is 0 Å². The van der Waals surface area contributed by atoms with Gasteiger partial charge in [0.15, 0.2) is 0 Å². The Bertz CT molecular complexity index is 391. The maximum absolute atomic E-state index is 11.2. The van der Waals surface area contributed by atoms with E-state index in [1.807, 2.05) is 0 Å². The summed E-state index contributed by atoms with van der Waals surface area (Å²) in [5.41, 5.74) is 1.13. The molecule has 1 aromatic heterocycles. The zero-order valence-corrected chi connectivity index (χ0v) is 11.7. The van der Waals surface area contributed by atoms with Crippen LogP contribution in [0.1, 0.15) is 43.3 Å². The van der Waals surface area contributed by atoms with Crippen LogP contribution in [-0.2, 0) is 17.8 Å². The number of carbonyl (C=O) groups is 1. The van der Waals surface area contributed by atoms with E-state index in [1.165, 1.54) is 5.01 Å². The molecular formula is C13H21N3OS. The van der Waals surface area contributed by atoms with Crippen molar-refractivity contribution >= 4 is 17.2 Å². The van der Waals surface area contributed by atoms with Gasteiger partial charge in [0, 0.05) is 30.9 Å². The lowest BCUT2D eigenvalue weighted by atomic mass is 10.1. The smallest absolute Gasteiger partial charge is 0.220 e. The first-order valence-electron chi connectivity index (χ1n) is 6.71. The Kier molecular flexibility index (Phi) is 5.13. The van der Waals surface area contributed by atoms with Crippen LogP contribution in [-0.4, -0.2) is 23.5 Å². The number of nitrogens with zero attached hydrogens (tertiary/aromatic N) is 1. The predicted molar refractivity (Wildman–Crippen MR) is 73.6 cm³/mol. The van der Waals surface area contributed by atoms with Gasteiger partial charge in [-0.3, -0.25) is 4.79 Å². The molecule has 1 atom stereocenters. The van der Waals surface area contributed by atoms with Gasteiger partial charge in [0.1, 0.15) is 0 Å². The number of nitrogens with one attached hydrogen (secondary N) is 2. The van der Waals surface area contributed by atoms with Crippen molar-refractivity contribution in [3.05, 3.63) is 16.1 Å². The quantitative estimate of drug-likeness (QED) is 0.856. The monoisotopic (exact) mass is 267 g/mol. The molecule has 1 aliphatic rings. The summed E-state index contributed by atoms with van der Waals surface area (Å²) >= 11 is 1.75. The van der Waals surface area contributed by atoms with E-state index in [0.29, 0.717) is 12.5 Å². The van der Waals surface area contributed by atoms with Crippen LogP contribution in [0.15, 0.2) is 5.38 Å². The minimum atomic E-state index is 0.179. The molecule has 1 fully saturated rings. The second-order valence-electron chi connectivity index (χ2n) is 4.74. The van der Waals surface area contributed by atoms with Crippen molar-refractivity contribution < 1.29 is 4.79 Å².